The maximum atomic E-state index is 12.9. The number of carbonyl (C=O) groups is 2. The minimum atomic E-state index is -0.427. The van der Waals surface area contributed by atoms with E-state index in [0.717, 1.165) is 0 Å². The molecular weight excluding hydrogens is 355 g/mol. The van der Waals surface area contributed by atoms with Crippen molar-refractivity contribution in [3.63, 3.8) is 0 Å². The molecule has 0 aromatic heterocycles. The average Bonchev–Trinajstić information content (AvgIpc) is 2.63. The Kier molecular flexibility index (Phi) is 7.47. The van der Waals surface area contributed by atoms with Gasteiger partial charge in [-0.15, -0.1) is 11.8 Å². The van der Waals surface area contributed by atoms with Gasteiger partial charge in [0.2, 0.25) is 11.8 Å². The van der Waals surface area contributed by atoms with Gasteiger partial charge in [0.05, 0.1) is 23.3 Å². The fourth-order valence-corrected chi connectivity index (χ4v) is 2.78. The Morgan fingerprint density at radius 3 is 2.50 bits per heavy atom. The van der Waals surface area contributed by atoms with Crippen LogP contribution < -0.4 is 15.4 Å². The predicted molar refractivity (Wildman–Crippen MR) is 103 cm³/mol. The van der Waals surface area contributed by atoms with Gasteiger partial charge in [0.25, 0.3) is 0 Å². The Morgan fingerprint density at radius 2 is 1.81 bits per heavy atom. The fourth-order valence-electron chi connectivity index (χ4n) is 2.09. The van der Waals surface area contributed by atoms with Gasteiger partial charge in [-0.1, -0.05) is 12.1 Å². The molecule has 2 aromatic rings. The third kappa shape index (κ3) is 6.07. The molecule has 0 saturated heterocycles. The highest BCUT2D eigenvalue weighted by Crippen LogP contribution is 2.25. The molecule has 138 valence electrons. The molecule has 2 N–H and O–H groups in total. The second-order valence-electron chi connectivity index (χ2n) is 5.43. The van der Waals surface area contributed by atoms with Gasteiger partial charge < -0.3 is 15.4 Å². The van der Waals surface area contributed by atoms with Gasteiger partial charge in [0.1, 0.15) is 11.6 Å². The molecule has 1 atom stereocenters. The summed E-state index contributed by atoms with van der Waals surface area (Å²) in [6, 6.07) is 12.7. The standard InChI is InChI=1S/C19H21FN2O3S/c1-3-25-17-7-5-4-6-16(17)22-19(24)13(2)26-12-18(23)21-15-10-8-14(20)9-11-15/h4-11,13H,3,12H2,1-2H3,(H,21,23)(H,22,24)/t13-/m1/s1. The maximum Gasteiger partial charge on any atom is 0.237 e. The molecule has 26 heavy (non-hydrogen) atoms. The molecule has 0 bridgehead atoms. The molecular formula is C19H21FN2O3S. The lowest BCUT2D eigenvalue weighted by Crippen LogP contribution is -2.25. The zero-order valence-corrected chi connectivity index (χ0v) is 15.4. The molecule has 0 fully saturated rings. The van der Waals surface area contributed by atoms with E-state index in [4.69, 9.17) is 4.74 Å². The average molecular weight is 376 g/mol. The van der Waals surface area contributed by atoms with Crippen LogP contribution in [0.15, 0.2) is 48.5 Å². The van der Waals surface area contributed by atoms with Gasteiger partial charge >= 0.3 is 0 Å². The van der Waals surface area contributed by atoms with Crippen LogP contribution in [0, 0.1) is 5.82 Å². The molecule has 0 aliphatic heterocycles. The van der Waals surface area contributed by atoms with Crippen molar-refractivity contribution < 1.29 is 18.7 Å². The van der Waals surface area contributed by atoms with Crippen LogP contribution in [0.5, 0.6) is 5.75 Å². The quantitative estimate of drug-likeness (QED) is 0.733. The first-order valence-electron chi connectivity index (χ1n) is 8.19. The fraction of sp³-hybridized carbons (Fsp3) is 0.263. The van der Waals surface area contributed by atoms with Crippen molar-refractivity contribution in [2.24, 2.45) is 0 Å². The Bertz CT molecular complexity index is 753. The molecule has 0 heterocycles. The Hall–Kier alpha value is -2.54. The highest BCUT2D eigenvalue weighted by molar-refractivity contribution is 8.01. The summed E-state index contributed by atoms with van der Waals surface area (Å²) in [6.45, 7) is 4.10. The van der Waals surface area contributed by atoms with Crippen LogP contribution in [-0.2, 0) is 9.59 Å². The number of hydrogen-bond donors (Lipinski definition) is 2. The zero-order valence-electron chi connectivity index (χ0n) is 14.6. The van der Waals surface area contributed by atoms with Gasteiger partial charge in [-0.2, -0.15) is 0 Å². The van der Waals surface area contributed by atoms with E-state index in [-0.39, 0.29) is 23.4 Å². The van der Waals surface area contributed by atoms with E-state index in [0.29, 0.717) is 23.7 Å². The number of ether oxygens (including phenoxy) is 1. The molecule has 2 aromatic carbocycles. The summed E-state index contributed by atoms with van der Waals surface area (Å²) in [6.07, 6.45) is 0. The van der Waals surface area contributed by atoms with Gasteiger partial charge in [-0.25, -0.2) is 4.39 Å². The number of rotatable bonds is 8. The molecule has 5 nitrogen and oxygen atoms in total. The second kappa shape index (κ2) is 9.82. The van der Waals surface area contributed by atoms with Gasteiger partial charge in [-0.05, 0) is 50.2 Å². The summed E-state index contributed by atoms with van der Waals surface area (Å²) in [5.74, 6) is -0.115. The van der Waals surface area contributed by atoms with Gasteiger partial charge in [0, 0.05) is 5.69 Å². The van der Waals surface area contributed by atoms with Crippen LogP contribution in [0.2, 0.25) is 0 Å². The smallest absolute Gasteiger partial charge is 0.237 e. The minimum absolute atomic E-state index is 0.110. The van der Waals surface area contributed by atoms with Crippen LogP contribution in [0.3, 0.4) is 0 Å². The van der Waals surface area contributed by atoms with Crippen molar-refractivity contribution in [1.29, 1.82) is 0 Å². The number of nitrogens with one attached hydrogen (secondary N) is 2. The number of para-hydroxylation sites is 2. The zero-order chi connectivity index (χ0) is 18.9. The normalized spacial score (nSPS) is 11.5. The summed E-state index contributed by atoms with van der Waals surface area (Å²) < 4.78 is 18.3. The molecule has 0 spiro atoms. The third-order valence-electron chi connectivity index (χ3n) is 3.41. The van der Waals surface area contributed by atoms with Crippen LogP contribution in [0.25, 0.3) is 0 Å². The number of hydrogen-bond acceptors (Lipinski definition) is 4. The summed E-state index contributed by atoms with van der Waals surface area (Å²) in [5, 5.41) is 5.05. The molecule has 0 aliphatic rings. The van der Waals surface area contributed by atoms with E-state index in [1.807, 2.05) is 19.1 Å². The topological polar surface area (TPSA) is 67.4 Å². The van der Waals surface area contributed by atoms with E-state index in [1.165, 1.54) is 36.0 Å². The maximum absolute atomic E-state index is 12.9. The molecule has 0 unspecified atom stereocenters. The van der Waals surface area contributed by atoms with Crippen LogP contribution in [0.4, 0.5) is 15.8 Å². The van der Waals surface area contributed by atoms with Gasteiger partial charge in [0.15, 0.2) is 0 Å². The molecule has 0 saturated carbocycles. The molecule has 0 radical (unpaired) electrons. The first-order valence-corrected chi connectivity index (χ1v) is 9.24. The Morgan fingerprint density at radius 1 is 1.12 bits per heavy atom. The lowest BCUT2D eigenvalue weighted by Gasteiger charge is -2.14. The number of amides is 2. The minimum Gasteiger partial charge on any atom is -0.492 e. The largest absolute Gasteiger partial charge is 0.492 e. The molecule has 2 amide bonds. The SMILES string of the molecule is CCOc1ccccc1NC(=O)[C@@H](C)SCC(=O)Nc1ccc(F)cc1. The van der Waals surface area contributed by atoms with Gasteiger partial charge in [-0.3, -0.25) is 9.59 Å². The molecule has 7 heteroatoms. The van der Waals surface area contributed by atoms with Crippen LogP contribution in [0.1, 0.15) is 13.8 Å². The molecule has 2 rings (SSSR count). The number of halogens is 1. The first-order chi connectivity index (χ1) is 12.5. The van der Waals surface area contributed by atoms with Crippen molar-refractivity contribution in [2.75, 3.05) is 23.0 Å². The van der Waals surface area contributed by atoms with Crippen molar-refractivity contribution in [2.45, 2.75) is 19.1 Å². The van der Waals surface area contributed by atoms with Crippen molar-refractivity contribution in [1.82, 2.24) is 0 Å². The molecule has 0 aliphatic carbocycles. The van der Waals surface area contributed by atoms with Crippen LogP contribution in [-0.4, -0.2) is 29.4 Å². The first kappa shape index (κ1) is 19.8. The van der Waals surface area contributed by atoms with Crippen molar-refractivity contribution in [3.8, 4) is 5.75 Å². The van der Waals surface area contributed by atoms with E-state index < -0.39 is 5.25 Å². The summed E-state index contributed by atoms with van der Waals surface area (Å²) in [5.41, 5.74) is 1.11. The Balaban J connectivity index is 1.83. The number of anilines is 2. The number of benzene rings is 2. The van der Waals surface area contributed by atoms with E-state index in [9.17, 15) is 14.0 Å². The Labute approximate surface area is 156 Å². The summed E-state index contributed by atoms with van der Waals surface area (Å²) in [4.78, 5) is 24.3. The second-order valence-corrected chi connectivity index (χ2v) is 6.76. The van der Waals surface area contributed by atoms with Crippen LogP contribution >= 0.6 is 11.8 Å². The third-order valence-corrected chi connectivity index (χ3v) is 4.55. The van der Waals surface area contributed by atoms with Crippen molar-refractivity contribution >= 4 is 35.0 Å². The number of carbonyl (C=O) groups excluding carboxylic acids is 2. The lowest BCUT2D eigenvalue weighted by atomic mass is 10.3. The van der Waals surface area contributed by atoms with E-state index in [1.54, 1.807) is 19.1 Å². The number of thioether (sulfide) groups is 1. The monoisotopic (exact) mass is 376 g/mol. The highest BCUT2D eigenvalue weighted by atomic mass is 32.2. The van der Waals surface area contributed by atoms with E-state index in [2.05, 4.69) is 10.6 Å². The lowest BCUT2D eigenvalue weighted by molar-refractivity contribution is -0.115. The predicted octanol–water partition coefficient (Wildman–Crippen LogP) is 3.92. The van der Waals surface area contributed by atoms with Crippen molar-refractivity contribution in [3.05, 3.63) is 54.3 Å². The summed E-state index contributed by atoms with van der Waals surface area (Å²) in [7, 11) is 0. The summed E-state index contributed by atoms with van der Waals surface area (Å²) >= 11 is 1.21. The highest BCUT2D eigenvalue weighted by Gasteiger charge is 2.17. The van der Waals surface area contributed by atoms with E-state index >= 15 is 0 Å².